The third kappa shape index (κ3) is 2.62. The van der Waals surface area contributed by atoms with Crippen molar-refractivity contribution in [3.8, 4) is 0 Å². The minimum Gasteiger partial charge on any atom is -0.352 e. The first-order chi connectivity index (χ1) is 11.8. The van der Waals surface area contributed by atoms with Crippen molar-refractivity contribution < 1.29 is 4.79 Å². The van der Waals surface area contributed by atoms with Gasteiger partial charge in [0, 0.05) is 37.3 Å². The van der Waals surface area contributed by atoms with Crippen LogP contribution in [0.1, 0.15) is 22.2 Å². The van der Waals surface area contributed by atoms with Crippen LogP contribution in [0, 0.1) is 0 Å². The molecule has 4 rings (SSSR count). The molecule has 0 saturated carbocycles. The molecular formula is C16H18N6OS. The Balaban J connectivity index is 1.52. The highest BCUT2D eigenvalue weighted by molar-refractivity contribution is 7.18. The molecule has 1 amide bonds. The number of nitrogens with zero attached hydrogens (tertiary/aromatic N) is 5. The van der Waals surface area contributed by atoms with Crippen molar-refractivity contribution in [2.24, 2.45) is 0 Å². The van der Waals surface area contributed by atoms with Gasteiger partial charge in [-0.25, -0.2) is 9.97 Å². The molecule has 0 atom stereocenters. The number of nitrogens with one attached hydrogen (secondary N) is 1. The van der Waals surface area contributed by atoms with E-state index in [1.807, 2.05) is 4.90 Å². The smallest absolute Gasteiger partial charge is 0.257 e. The van der Waals surface area contributed by atoms with Gasteiger partial charge < -0.3 is 9.80 Å². The lowest BCUT2D eigenvalue weighted by Crippen LogP contribution is -2.49. The summed E-state index contributed by atoms with van der Waals surface area (Å²) in [5, 5.41) is 7.65. The van der Waals surface area contributed by atoms with Gasteiger partial charge in [-0.3, -0.25) is 9.89 Å². The Morgan fingerprint density at radius 2 is 2.12 bits per heavy atom. The Kier molecular flexibility index (Phi) is 3.89. The van der Waals surface area contributed by atoms with Gasteiger partial charge in [0.1, 0.15) is 17.0 Å². The topological polar surface area (TPSA) is 78.0 Å². The monoisotopic (exact) mass is 342 g/mol. The first kappa shape index (κ1) is 15.1. The van der Waals surface area contributed by atoms with Crippen LogP contribution in [0.25, 0.3) is 10.2 Å². The zero-order chi connectivity index (χ0) is 16.5. The maximum absolute atomic E-state index is 12.4. The number of fused-ring (bicyclic) bond motifs is 1. The lowest BCUT2D eigenvalue weighted by Gasteiger charge is -2.35. The van der Waals surface area contributed by atoms with Gasteiger partial charge in [-0.2, -0.15) is 5.10 Å². The number of hydrogen-bond donors (Lipinski definition) is 1. The van der Waals surface area contributed by atoms with Crippen molar-refractivity contribution in [2.75, 3.05) is 31.1 Å². The van der Waals surface area contributed by atoms with Crippen molar-refractivity contribution >= 4 is 33.3 Å². The zero-order valence-corrected chi connectivity index (χ0v) is 14.2. The Bertz CT molecular complexity index is 851. The number of hydrogen-bond acceptors (Lipinski definition) is 6. The second-order valence-corrected chi connectivity index (χ2v) is 6.86. The number of aryl methyl sites for hydroxylation is 1. The highest BCUT2D eigenvalue weighted by Crippen LogP contribution is 2.31. The highest BCUT2D eigenvalue weighted by Gasteiger charge is 2.24. The fraction of sp³-hybridized carbons (Fsp3) is 0.375. The number of carbonyl (C=O) groups excluding carboxylic acids is 1. The van der Waals surface area contributed by atoms with Gasteiger partial charge in [-0.05, 0) is 12.5 Å². The molecule has 8 heteroatoms. The van der Waals surface area contributed by atoms with Gasteiger partial charge in [0.25, 0.3) is 5.91 Å². The predicted octanol–water partition coefficient (Wildman–Crippen LogP) is 1.94. The van der Waals surface area contributed by atoms with Gasteiger partial charge in [-0.1, -0.05) is 6.92 Å². The van der Waals surface area contributed by atoms with Crippen LogP contribution in [0.5, 0.6) is 0 Å². The number of piperazine rings is 1. The maximum atomic E-state index is 12.4. The van der Waals surface area contributed by atoms with Crippen LogP contribution in [0.3, 0.4) is 0 Å². The van der Waals surface area contributed by atoms with E-state index in [-0.39, 0.29) is 5.91 Å². The molecule has 1 aliphatic rings. The Morgan fingerprint density at radius 3 is 2.83 bits per heavy atom. The molecule has 0 unspecified atom stereocenters. The molecule has 0 radical (unpaired) electrons. The minimum absolute atomic E-state index is 0.0278. The summed E-state index contributed by atoms with van der Waals surface area (Å²) in [6.07, 6.45) is 5.85. The lowest BCUT2D eigenvalue weighted by molar-refractivity contribution is 0.0746. The molecule has 3 aromatic heterocycles. The normalized spacial score (nSPS) is 15.2. The largest absolute Gasteiger partial charge is 0.352 e. The van der Waals surface area contributed by atoms with Crippen molar-refractivity contribution in [3.63, 3.8) is 0 Å². The van der Waals surface area contributed by atoms with E-state index in [0.29, 0.717) is 18.7 Å². The SMILES string of the molecule is CCc1cc2c(N3CCN(C(=O)c4cn[nH]c4)CC3)ncnc2s1. The number of H-pyrrole nitrogens is 1. The van der Waals surface area contributed by atoms with E-state index in [0.717, 1.165) is 35.5 Å². The van der Waals surface area contributed by atoms with Gasteiger partial charge in [0.2, 0.25) is 0 Å². The van der Waals surface area contributed by atoms with E-state index in [1.165, 1.54) is 4.88 Å². The van der Waals surface area contributed by atoms with Crippen molar-refractivity contribution in [3.05, 3.63) is 35.2 Å². The van der Waals surface area contributed by atoms with Gasteiger partial charge >= 0.3 is 0 Å². The molecule has 3 aromatic rings. The first-order valence-corrected chi connectivity index (χ1v) is 8.84. The second-order valence-electron chi connectivity index (χ2n) is 5.75. The summed E-state index contributed by atoms with van der Waals surface area (Å²) >= 11 is 1.73. The first-order valence-electron chi connectivity index (χ1n) is 8.02. The third-order valence-electron chi connectivity index (χ3n) is 4.32. The van der Waals surface area contributed by atoms with Gasteiger partial charge in [0.05, 0.1) is 17.1 Å². The number of aromatic amines is 1. The van der Waals surface area contributed by atoms with Gasteiger partial charge in [0.15, 0.2) is 0 Å². The number of anilines is 1. The molecule has 1 saturated heterocycles. The van der Waals surface area contributed by atoms with E-state index < -0.39 is 0 Å². The van der Waals surface area contributed by atoms with E-state index >= 15 is 0 Å². The van der Waals surface area contributed by atoms with Crippen LogP contribution in [0.15, 0.2) is 24.8 Å². The van der Waals surface area contributed by atoms with Crippen LogP contribution < -0.4 is 4.90 Å². The van der Waals surface area contributed by atoms with E-state index in [2.05, 4.69) is 38.1 Å². The van der Waals surface area contributed by atoms with E-state index in [9.17, 15) is 4.79 Å². The van der Waals surface area contributed by atoms with E-state index in [1.54, 1.807) is 30.1 Å². The zero-order valence-electron chi connectivity index (χ0n) is 13.4. The maximum Gasteiger partial charge on any atom is 0.257 e. The van der Waals surface area contributed by atoms with E-state index in [4.69, 9.17) is 0 Å². The molecule has 124 valence electrons. The quantitative estimate of drug-likeness (QED) is 0.787. The minimum atomic E-state index is 0.0278. The fourth-order valence-corrected chi connectivity index (χ4v) is 3.92. The standard InChI is InChI=1S/C16H18N6OS/c1-2-12-7-13-14(17-10-18-15(13)24-12)21-3-5-22(6-4-21)16(23)11-8-19-20-9-11/h7-10H,2-6H2,1H3,(H,19,20). The van der Waals surface area contributed by atoms with Crippen LogP contribution in [-0.4, -0.2) is 57.2 Å². The second kappa shape index (κ2) is 6.20. The van der Waals surface area contributed by atoms with Crippen LogP contribution in [0.4, 0.5) is 5.82 Å². The summed E-state index contributed by atoms with van der Waals surface area (Å²) in [7, 11) is 0. The number of amides is 1. The molecule has 0 bridgehead atoms. The molecular weight excluding hydrogens is 324 g/mol. The molecule has 0 aromatic carbocycles. The van der Waals surface area contributed by atoms with Crippen molar-refractivity contribution in [2.45, 2.75) is 13.3 Å². The molecule has 7 nitrogen and oxygen atoms in total. The third-order valence-corrected chi connectivity index (χ3v) is 5.51. The summed E-state index contributed by atoms with van der Waals surface area (Å²) in [5.41, 5.74) is 0.610. The average Bonchev–Trinajstić information content (AvgIpc) is 3.30. The molecule has 24 heavy (non-hydrogen) atoms. The molecule has 0 spiro atoms. The number of carbonyl (C=O) groups is 1. The molecule has 4 heterocycles. The number of aromatic nitrogens is 4. The predicted molar refractivity (Wildman–Crippen MR) is 93.5 cm³/mol. The average molecular weight is 342 g/mol. The summed E-state index contributed by atoms with van der Waals surface area (Å²) < 4.78 is 0. The van der Waals surface area contributed by atoms with Crippen LogP contribution in [0.2, 0.25) is 0 Å². The van der Waals surface area contributed by atoms with Crippen LogP contribution in [-0.2, 0) is 6.42 Å². The van der Waals surface area contributed by atoms with Gasteiger partial charge in [-0.15, -0.1) is 11.3 Å². The summed E-state index contributed by atoms with van der Waals surface area (Å²) in [5.74, 6) is 1.01. The molecule has 1 N–H and O–H groups in total. The molecule has 1 fully saturated rings. The van der Waals surface area contributed by atoms with Crippen molar-refractivity contribution in [1.82, 2.24) is 25.1 Å². The highest BCUT2D eigenvalue weighted by atomic mass is 32.1. The Hall–Kier alpha value is -2.48. The molecule has 0 aliphatic carbocycles. The lowest BCUT2D eigenvalue weighted by atomic mass is 10.2. The molecule has 1 aliphatic heterocycles. The fourth-order valence-electron chi connectivity index (χ4n) is 2.99. The Labute approximate surface area is 143 Å². The van der Waals surface area contributed by atoms with Crippen LogP contribution >= 0.6 is 11.3 Å². The summed E-state index contributed by atoms with van der Waals surface area (Å²) in [4.78, 5) is 27.7. The number of thiophene rings is 1. The Morgan fingerprint density at radius 1 is 1.29 bits per heavy atom. The summed E-state index contributed by atoms with van der Waals surface area (Å²) in [6.45, 7) is 5.05. The summed E-state index contributed by atoms with van der Waals surface area (Å²) in [6, 6.07) is 2.19. The number of rotatable bonds is 3. The van der Waals surface area contributed by atoms with Crippen molar-refractivity contribution in [1.29, 1.82) is 0 Å².